The van der Waals surface area contributed by atoms with E-state index in [1.54, 1.807) is 0 Å². The van der Waals surface area contributed by atoms with E-state index in [2.05, 4.69) is 5.73 Å². The fourth-order valence-electron chi connectivity index (χ4n) is 0. The van der Waals surface area contributed by atoms with E-state index in [-0.39, 0.29) is 5.58 Å². The third-order valence-electron chi connectivity index (χ3n) is 0. The molecule has 1 atom stereocenters. The summed E-state index contributed by atoms with van der Waals surface area (Å²) in [5.74, 6) is 0. The van der Waals surface area contributed by atoms with Crippen LogP contribution in [-0.2, 0) is 0 Å². The van der Waals surface area contributed by atoms with Crippen LogP contribution in [0.25, 0.3) is 0 Å². The molecule has 0 aliphatic heterocycles. The second-order valence-corrected chi connectivity index (χ2v) is 1.08. The second kappa shape index (κ2) is 1.24. The highest BCUT2D eigenvalue weighted by molar-refractivity contribution is 7.40. The Hall–Kier alpha value is -0.100. The van der Waals surface area contributed by atoms with Crippen molar-refractivity contribution in [3.05, 3.63) is 0 Å². The Morgan fingerprint density at radius 1 is 2.00 bits per heavy atom. The number of rotatable bonds is 0. The Morgan fingerprint density at radius 2 is 2.00 bits per heavy atom. The van der Waals surface area contributed by atoms with Gasteiger partial charge in [-0.2, -0.15) is 0 Å². The lowest BCUT2D eigenvalue weighted by Crippen LogP contribution is -1.95. The standard InChI is InChI=1S/CH5N2P/c2-1(3)4/h4H2,(H3,2,3). The maximum Gasteiger partial charge on any atom is 0.107 e. The van der Waals surface area contributed by atoms with Gasteiger partial charge in [-0.15, -0.1) is 0 Å². The number of nitrogens with one attached hydrogen (secondary N) is 1. The first-order valence-corrected chi connectivity index (χ1v) is 1.40. The summed E-state index contributed by atoms with van der Waals surface area (Å²) in [6.45, 7) is 0. The van der Waals surface area contributed by atoms with Crippen molar-refractivity contribution in [3.8, 4) is 0 Å². The van der Waals surface area contributed by atoms with Crippen molar-refractivity contribution in [1.29, 1.82) is 5.41 Å². The van der Waals surface area contributed by atoms with Crippen LogP contribution in [0.4, 0.5) is 0 Å². The summed E-state index contributed by atoms with van der Waals surface area (Å²) in [7, 11) is 2.02. The molecule has 0 aromatic rings. The average molecular weight is 76.0 g/mol. The lowest BCUT2D eigenvalue weighted by atomic mass is 11.4. The molecule has 0 aromatic carbocycles. The molecule has 0 aliphatic rings. The minimum atomic E-state index is 0.0833. The van der Waals surface area contributed by atoms with E-state index >= 15 is 0 Å². The molecule has 0 saturated heterocycles. The zero-order valence-corrected chi connectivity index (χ0v) is 3.31. The molecule has 24 valence electrons. The lowest BCUT2D eigenvalue weighted by molar-refractivity contribution is 1.51. The number of amidine groups is 1. The predicted molar refractivity (Wildman–Crippen MR) is 21.6 cm³/mol. The summed E-state index contributed by atoms with van der Waals surface area (Å²) in [6.07, 6.45) is 0. The first-order chi connectivity index (χ1) is 1.73. The maximum atomic E-state index is 6.24. The van der Waals surface area contributed by atoms with Gasteiger partial charge in [-0.1, -0.05) is 9.24 Å². The van der Waals surface area contributed by atoms with Crippen LogP contribution in [0.1, 0.15) is 0 Å². The van der Waals surface area contributed by atoms with Crippen molar-refractivity contribution in [2.45, 2.75) is 0 Å². The summed E-state index contributed by atoms with van der Waals surface area (Å²) in [6, 6.07) is 0. The third-order valence-corrected chi connectivity index (χ3v) is 0. The molecule has 1 unspecified atom stereocenters. The highest BCUT2D eigenvalue weighted by Crippen LogP contribution is 1.66. The number of nitrogens with two attached hydrogens (primary N) is 1. The van der Waals surface area contributed by atoms with Crippen molar-refractivity contribution in [3.63, 3.8) is 0 Å². The van der Waals surface area contributed by atoms with Gasteiger partial charge in [0.2, 0.25) is 0 Å². The second-order valence-electron chi connectivity index (χ2n) is 0.455. The van der Waals surface area contributed by atoms with Gasteiger partial charge in [-0.3, -0.25) is 5.41 Å². The maximum absolute atomic E-state index is 6.24. The van der Waals surface area contributed by atoms with E-state index in [4.69, 9.17) is 5.41 Å². The van der Waals surface area contributed by atoms with Gasteiger partial charge < -0.3 is 5.73 Å². The first kappa shape index (κ1) is 3.90. The quantitative estimate of drug-likeness (QED) is 0.233. The van der Waals surface area contributed by atoms with E-state index < -0.39 is 0 Å². The van der Waals surface area contributed by atoms with Gasteiger partial charge in [0.05, 0.1) is 0 Å². The molecule has 0 bridgehead atoms. The van der Waals surface area contributed by atoms with Gasteiger partial charge in [-0.05, 0) is 0 Å². The summed E-state index contributed by atoms with van der Waals surface area (Å²) in [5.41, 5.74) is 4.74. The Balaban J connectivity index is 2.80. The van der Waals surface area contributed by atoms with E-state index in [1.807, 2.05) is 9.24 Å². The average Bonchev–Trinajstić information content (AvgIpc) is 0.811. The van der Waals surface area contributed by atoms with Gasteiger partial charge in [0, 0.05) is 0 Å². The minimum Gasteiger partial charge on any atom is -0.384 e. The Labute approximate surface area is 27.1 Å². The first-order valence-electron chi connectivity index (χ1n) is 0.827. The molecular formula is CH5N2P. The molecule has 0 amide bonds. The molecule has 3 N–H and O–H groups in total. The van der Waals surface area contributed by atoms with E-state index in [1.165, 1.54) is 0 Å². The Bertz CT molecular complexity index is 29.0. The zero-order chi connectivity index (χ0) is 3.58. The van der Waals surface area contributed by atoms with E-state index in [9.17, 15) is 0 Å². The Kier molecular flexibility index (Phi) is 1.21. The largest absolute Gasteiger partial charge is 0.384 e. The fraction of sp³-hybridized carbons (Fsp3) is 0. The Morgan fingerprint density at radius 3 is 2.00 bits per heavy atom. The van der Waals surface area contributed by atoms with Crippen LogP contribution in [0.15, 0.2) is 0 Å². The van der Waals surface area contributed by atoms with E-state index in [0.29, 0.717) is 0 Å². The summed E-state index contributed by atoms with van der Waals surface area (Å²) in [5, 5.41) is 6.24. The molecule has 0 aromatic heterocycles. The topological polar surface area (TPSA) is 49.9 Å². The van der Waals surface area contributed by atoms with Crippen LogP contribution in [-0.4, -0.2) is 5.58 Å². The monoisotopic (exact) mass is 76.0 g/mol. The van der Waals surface area contributed by atoms with Crippen molar-refractivity contribution >= 4 is 14.8 Å². The van der Waals surface area contributed by atoms with Gasteiger partial charge in [-0.25, -0.2) is 0 Å². The van der Waals surface area contributed by atoms with E-state index in [0.717, 1.165) is 0 Å². The molecule has 0 rings (SSSR count). The van der Waals surface area contributed by atoms with Gasteiger partial charge >= 0.3 is 0 Å². The molecule has 4 heavy (non-hydrogen) atoms. The van der Waals surface area contributed by atoms with Crippen molar-refractivity contribution < 1.29 is 0 Å². The lowest BCUT2D eigenvalue weighted by Gasteiger charge is -1.66. The summed E-state index contributed by atoms with van der Waals surface area (Å²) < 4.78 is 0. The number of hydrogen-bond acceptors (Lipinski definition) is 1. The fourth-order valence-corrected chi connectivity index (χ4v) is 0. The van der Waals surface area contributed by atoms with Crippen molar-refractivity contribution in [1.82, 2.24) is 0 Å². The molecule has 0 aliphatic carbocycles. The predicted octanol–water partition coefficient (Wildman–Crippen LogP) is -0.245. The van der Waals surface area contributed by atoms with Gasteiger partial charge in [0.25, 0.3) is 0 Å². The van der Waals surface area contributed by atoms with Crippen LogP contribution in [0, 0.1) is 5.41 Å². The summed E-state index contributed by atoms with van der Waals surface area (Å²) in [4.78, 5) is 0. The molecular weight excluding hydrogens is 71.0 g/mol. The SMILES string of the molecule is N=C(N)P. The zero-order valence-electron chi connectivity index (χ0n) is 2.15. The molecule has 0 heterocycles. The number of hydrogen-bond donors (Lipinski definition) is 2. The van der Waals surface area contributed by atoms with Crippen LogP contribution in [0.5, 0.6) is 0 Å². The van der Waals surface area contributed by atoms with Crippen LogP contribution >= 0.6 is 9.24 Å². The van der Waals surface area contributed by atoms with Crippen molar-refractivity contribution in [2.24, 2.45) is 5.73 Å². The third kappa shape index (κ3) is 154. The summed E-state index contributed by atoms with van der Waals surface area (Å²) >= 11 is 0. The smallest absolute Gasteiger partial charge is 0.107 e. The molecule has 0 spiro atoms. The normalized spacial score (nSPS) is 6.25. The minimum absolute atomic E-state index is 0.0833. The van der Waals surface area contributed by atoms with Crippen LogP contribution in [0.2, 0.25) is 0 Å². The molecule has 3 heteroatoms. The highest BCUT2D eigenvalue weighted by Gasteiger charge is 1.53. The van der Waals surface area contributed by atoms with Gasteiger partial charge in [0.15, 0.2) is 0 Å². The molecule has 0 fully saturated rings. The van der Waals surface area contributed by atoms with Crippen molar-refractivity contribution in [2.75, 3.05) is 0 Å². The molecule has 2 nitrogen and oxygen atoms in total. The molecule has 0 radical (unpaired) electrons. The molecule has 0 saturated carbocycles. The highest BCUT2D eigenvalue weighted by atomic mass is 31.0. The van der Waals surface area contributed by atoms with Crippen LogP contribution < -0.4 is 5.73 Å². The van der Waals surface area contributed by atoms with Gasteiger partial charge in [0.1, 0.15) is 5.58 Å². The van der Waals surface area contributed by atoms with Crippen LogP contribution in [0.3, 0.4) is 0 Å².